The van der Waals surface area contributed by atoms with Crippen molar-refractivity contribution in [1.82, 2.24) is 5.43 Å². The zero-order valence-corrected chi connectivity index (χ0v) is 12.9. The average Bonchev–Trinajstić information content (AvgIpc) is 2.52. The predicted octanol–water partition coefficient (Wildman–Crippen LogP) is 3.50. The lowest BCUT2D eigenvalue weighted by atomic mass is 9.83. The van der Waals surface area contributed by atoms with Crippen molar-refractivity contribution >= 4 is 11.7 Å². The molecule has 0 atom stereocenters. The molecule has 3 N–H and O–H groups in total. The monoisotopic (exact) mass is 295 g/mol. The van der Waals surface area contributed by atoms with Gasteiger partial charge >= 0.3 is 6.03 Å². The van der Waals surface area contributed by atoms with Crippen molar-refractivity contribution in [2.75, 3.05) is 0 Å². The Kier molecular flexibility index (Phi) is 5.31. The second kappa shape index (κ2) is 7.41. The van der Waals surface area contributed by atoms with Crippen molar-refractivity contribution in [3.05, 3.63) is 71.8 Å². The Morgan fingerprint density at radius 3 is 1.77 bits per heavy atom. The number of primary amides is 1. The summed E-state index contributed by atoms with van der Waals surface area (Å²) in [5.74, 6) is 0.145. The van der Waals surface area contributed by atoms with Crippen molar-refractivity contribution in [3.8, 4) is 0 Å². The minimum absolute atomic E-state index is 0.0192. The molecule has 4 heteroatoms. The molecule has 0 aliphatic heterocycles. The minimum atomic E-state index is -0.655. The highest BCUT2D eigenvalue weighted by molar-refractivity contribution is 5.95. The number of nitrogens with two attached hydrogens (primary N) is 1. The van der Waals surface area contributed by atoms with Crippen LogP contribution < -0.4 is 11.2 Å². The topological polar surface area (TPSA) is 67.5 Å². The normalized spacial score (nSPS) is 11.7. The average molecular weight is 295 g/mol. The van der Waals surface area contributed by atoms with Gasteiger partial charge < -0.3 is 5.73 Å². The highest BCUT2D eigenvalue weighted by Gasteiger charge is 2.23. The third-order valence-electron chi connectivity index (χ3n) is 3.45. The van der Waals surface area contributed by atoms with Gasteiger partial charge in [-0.1, -0.05) is 74.5 Å². The van der Waals surface area contributed by atoms with Crippen molar-refractivity contribution < 1.29 is 4.79 Å². The van der Waals surface area contributed by atoms with Gasteiger partial charge in [-0.15, -0.1) is 0 Å². The smallest absolute Gasteiger partial charge is 0.332 e. The molecule has 2 rings (SSSR count). The first-order valence-corrected chi connectivity index (χ1v) is 7.32. The number of carbonyl (C=O) groups excluding carboxylic acids is 1. The van der Waals surface area contributed by atoms with E-state index >= 15 is 0 Å². The molecular weight excluding hydrogens is 274 g/mol. The van der Waals surface area contributed by atoms with Gasteiger partial charge in [0.25, 0.3) is 0 Å². The maximum absolute atomic E-state index is 11.0. The van der Waals surface area contributed by atoms with Gasteiger partial charge in [0.1, 0.15) is 0 Å². The summed E-state index contributed by atoms with van der Waals surface area (Å²) in [6.45, 7) is 4.11. The van der Waals surface area contributed by atoms with Crippen LogP contribution in [0.5, 0.6) is 0 Å². The fourth-order valence-corrected chi connectivity index (χ4v) is 2.47. The molecule has 114 valence electrons. The van der Waals surface area contributed by atoms with Crippen LogP contribution in [-0.4, -0.2) is 11.7 Å². The van der Waals surface area contributed by atoms with Crippen LogP contribution in [0.25, 0.3) is 0 Å². The van der Waals surface area contributed by atoms with Gasteiger partial charge in [0.2, 0.25) is 0 Å². The molecule has 0 aliphatic carbocycles. The van der Waals surface area contributed by atoms with E-state index in [1.165, 1.54) is 0 Å². The summed E-state index contributed by atoms with van der Waals surface area (Å²) >= 11 is 0. The van der Waals surface area contributed by atoms with Crippen LogP contribution in [0, 0.1) is 5.92 Å². The molecule has 0 saturated heterocycles. The lowest BCUT2D eigenvalue weighted by Crippen LogP contribution is -2.29. The third kappa shape index (κ3) is 3.95. The first kappa shape index (κ1) is 15.8. The maximum atomic E-state index is 11.0. The molecule has 0 unspecified atom stereocenters. The number of carbonyl (C=O) groups is 1. The molecule has 2 aromatic carbocycles. The van der Waals surface area contributed by atoms with E-state index in [0.29, 0.717) is 0 Å². The van der Waals surface area contributed by atoms with E-state index in [1.54, 1.807) is 0 Å². The van der Waals surface area contributed by atoms with Gasteiger partial charge in [0, 0.05) is 5.92 Å². The molecule has 0 heterocycles. The summed E-state index contributed by atoms with van der Waals surface area (Å²) in [5.41, 5.74) is 10.7. The fourth-order valence-electron chi connectivity index (χ4n) is 2.47. The zero-order chi connectivity index (χ0) is 15.9. The van der Waals surface area contributed by atoms with Crippen molar-refractivity contribution in [2.24, 2.45) is 16.8 Å². The Bertz CT molecular complexity index is 596. The molecule has 0 saturated carbocycles. The second-order valence-corrected chi connectivity index (χ2v) is 5.42. The Balaban J connectivity index is 2.51. The Hall–Kier alpha value is -2.62. The van der Waals surface area contributed by atoms with Gasteiger partial charge in [-0.25, -0.2) is 10.2 Å². The lowest BCUT2D eigenvalue weighted by molar-refractivity contribution is 0.249. The van der Waals surface area contributed by atoms with Gasteiger partial charge in [-0.3, -0.25) is 0 Å². The van der Waals surface area contributed by atoms with Crippen LogP contribution in [0.3, 0.4) is 0 Å². The number of nitrogens with one attached hydrogen (secondary N) is 1. The third-order valence-corrected chi connectivity index (χ3v) is 3.45. The summed E-state index contributed by atoms with van der Waals surface area (Å²) in [5, 5.41) is 4.27. The molecule has 0 bridgehead atoms. The standard InChI is InChI=1S/C18H21N3O/c1-13(2)17(20-21-18(19)22)16(14-9-5-3-6-10-14)15-11-7-4-8-12-15/h3-13,16H,1-2H3,(H3,19,21,22)/b20-17-. The van der Waals surface area contributed by atoms with Gasteiger partial charge in [0.05, 0.1) is 5.71 Å². The summed E-state index contributed by atoms with van der Waals surface area (Å²) in [6, 6.07) is 19.6. The van der Waals surface area contributed by atoms with E-state index in [2.05, 4.69) is 48.6 Å². The van der Waals surface area contributed by atoms with E-state index in [9.17, 15) is 4.79 Å². The number of nitrogens with zero attached hydrogens (tertiary/aromatic N) is 1. The predicted molar refractivity (Wildman–Crippen MR) is 89.7 cm³/mol. The van der Waals surface area contributed by atoms with Crippen molar-refractivity contribution in [3.63, 3.8) is 0 Å². The van der Waals surface area contributed by atoms with E-state index in [4.69, 9.17) is 5.73 Å². The van der Waals surface area contributed by atoms with Crippen LogP contribution in [0.1, 0.15) is 30.9 Å². The quantitative estimate of drug-likeness (QED) is 0.643. The van der Waals surface area contributed by atoms with Crippen LogP contribution in [0.2, 0.25) is 0 Å². The van der Waals surface area contributed by atoms with Gasteiger partial charge in [-0.2, -0.15) is 5.10 Å². The van der Waals surface area contributed by atoms with Crippen LogP contribution in [0.15, 0.2) is 65.8 Å². The zero-order valence-electron chi connectivity index (χ0n) is 12.9. The Morgan fingerprint density at radius 2 is 1.41 bits per heavy atom. The number of amides is 2. The fraction of sp³-hybridized carbons (Fsp3) is 0.222. The van der Waals surface area contributed by atoms with Gasteiger partial charge in [0.15, 0.2) is 0 Å². The highest BCUT2D eigenvalue weighted by Crippen LogP contribution is 2.29. The van der Waals surface area contributed by atoms with Crippen LogP contribution >= 0.6 is 0 Å². The second-order valence-electron chi connectivity index (χ2n) is 5.42. The molecule has 2 amide bonds. The molecule has 0 aliphatic rings. The Labute approximate surface area is 131 Å². The summed E-state index contributed by atoms with van der Waals surface area (Å²) < 4.78 is 0. The van der Waals surface area contributed by atoms with E-state index < -0.39 is 6.03 Å². The van der Waals surface area contributed by atoms with Crippen molar-refractivity contribution in [1.29, 1.82) is 0 Å². The van der Waals surface area contributed by atoms with Crippen molar-refractivity contribution in [2.45, 2.75) is 19.8 Å². The van der Waals surface area contributed by atoms with E-state index in [1.807, 2.05) is 36.4 Å². The lowest BCUT2D eigenvalue weighted by Gasteiger charge is -2.23. The molecule has 4 nitrogen and oxygen atoms in total. The minimum Gasteiger partial charge on any atom is -0.350 e. The van der Waals surface area contributed by atoms with Gasteiger partial charge in [-0.05, 0) is 17.0 Å². The largest absolute Gasteiger partial charge is 0.350 e. The number of urea groups is 1. The summed E-state index contributed by atoms with van der Waals surface area (Å²) in [6.07, 6.45) is 0. The van der Waals surface area contributed by atoms with Crippen LogP contribution in [0.4, 0.5) is 4.79 Å². The molecule has 0 aromatic heterocycles. The Morgan fingerprint density at radius 1 is 0.955 bits per heavy atom. The first-order valence-electron chi connectivity index (χ1n) is 7.32. The number of rotatable bonds is 5. The van der Waals surface area contributed by atoms with E-state index in [-0.39, 0.29) is 11.8 Å². The van der Waals surface area contributed by atoms with Crippen LogP contribution in [-0.2, 0) is 0 Å². The molecule has 2 aromatic rings. The molecule has 0 spiro atoms. The number of hydrazone groups is 1. The maximum Gasteiger partial charge on any atom is 0.332 e. The molecule has 0 radical (unpaired) electrons. The molecule has 22 heavy (non-hydrogen) atoms. The first-order chi connectivity index (χ1) is 10.6. The SMILES string of the molecule is CC(C)/C(=N/NC(N)=O)C(c1ccccc1)c1ccccc1. The summed E-state index contributed by atoms with van der Waals surface area (Å²) in [4.78, 5) is 11.0. The van der Waals surface area contributed by atoms with E-state index in [0.717, 1.165) is 16.8 Å². The molecular formula is C18H21N3O. The highest BCUT2D eigenvalue weighted by atomic mass is 16.2. The number of benzene rings is 2. The summed E-state index contributed by atoms with van der Waals surface area (Å²) in [7, 11) is 0. The molecule has 0 fully saturated rings. The number of hydrogen-bond donors (Lipinski definition) is 2. The number of hydrogen-bond acceptors (Lipinski definition) is 2.